The van der Waals surface area contributed by atoms with E-state index in [0.717, 1.165) is 34.6 Å². The first-order valence-corrected chi connectivity index (χ1v) is 9.50. The lowest BCUT2D eigenvalue weighted by Gasteiger charge is -2.17. The van der Waals surface area contributed by atoms with E-state index in [-0.39, 0.29) is 0 Å². The van der Waals surface area contributed by atoms with Crippen LogP contribution >= 0.6 is 0 Å². The number of benzene rings is 2. The molecule has 0 atom stereocenters. The number of hydrogen-bond acceptors (Lipinski definition) is 5. The second kappa shape index (κ2) is 9.83. The van der Waals surface area contributed by atoms with Gasteiger partial charge in [-0.3, -0.25) is 5.41 Å². The summed E-state index contributed by atoms with van der Waals surface area (Å²) >= 11 is 0. The normalized spacial score (nSPS) is 11.5. The summed E-state index contributed by atoms with van der Waals surface area (Å²) < 4.78 is 11.4. The van der Waals surface area contributed by atoms with Gasteiger partial charge in [0.2, 0.25) is 0 Å². The van der Waals surface area contributed by atoms with E-state index >= 15 is 0 Å². The maximum atomic E-state index is 8.46. The number of methoxy groups -OCH3 is 1. The largest absolute Gasteiger partial charge is 0.489 e. The van der Waals surface area contributed by atoms with Gasteiger partial charge >= 0.3 is 0 Å². The molecule has 0 radical (unpaired) electrons. The zero-order valence-electron chi connectivity index (χ0n) is 17.7. The lowest BCUT2D eigenvalue weighted by atomic mass is 10.0. The number of rotatable bonds is 9. The van der Waals surface area contributed by atoms with E-state index in [1.807, 2.05) is 39.1 Å². The van der Waals surface area contributed by atoms with Gasteiger partial charge in [-0.2, -0.15) is 0 Å². The molecule has 0 bridgehead atoms. The van der Waals surface area contributed by atoms with Gasteiger partial charge in [0.25, 0.3) is 0 Å². The molecule has 5 nitrogen and oxygen atoms in total. The first-order valence-electron chi connectivity index (χ1n) is 9.50. The third-order valence-corrected chi connectivity index (χ3v) is 4.91. The van der Waals surface area contributed by atoms with Gasteiger partial charge in [-0.05, 0) is 55.7 Å². The Bertz CT molecular complexity index is 844. The lowest BCUT2D eigenvalue weighted by molar-refractivity contribution is 0.265. The van der Waals surface area contributed by atoms with Crippen LogP contribution in [0.2, 0.25) is 0 Å². The first kappa shape index (κ1) is 21.4. The van der Waals surface area contributed by atoms with Gasteiger partial charge in [0.1, 0.15) is 12.4 Å². The Morgan fingerprint density at radius 1 is 1.14 bits per heavy atom. The van der Waals surface area contributed by atoms with Crippen molar-refractivity contribution in [1.82, 2.24) is 5.32 Å². The average Bonchev–Trinajstić information content (AvgIpc) is 2.72. The molecule has 2 aromatic rings. The highest BCUT2D eigenvalue weighted by atomic mass is 16.5. The molecule has 150 valence electrons. The molecule has 0 aliphatic carbocycles. The molecule has 28 heavy (non-hydrogen) atoms. The van der Waals surface area contributed by atoms with Gasteiger partial charge in [0, 0.05) is 36.5 Å². The Labute approximate surface area is 168 Å². The van der Waals surface area contributed by atoms with Crippen LogP contribution in [0.25, 0.3) is 0 Å². The summed E-state index contributed by atoms with van der Waals surface area (Å²) in [6.07, 6.45) is 0.961. The second-order valence-electron chi connectivity index (χ2n) is 6.60. The van der Waals surface area contributed by atoms with Gasteiger partial charge in [-0.25, -0.2) is 0 Å². The second-order valence-corrected chi connectivity index (χ2v) is 6.60. The Balaban J connectivity index is 2.23. The Morgan fingerprint density at radius 2 is 1.89 bits per heavy atom. The maximum absolute atomic E-state index is 8.46. The smallest absolute Gasteiger partial charge is 0.191 e. The average molecular weight is 382 g/mol. The molecule has 0 aliphatic rings. The monoisotopic (exact) mass is 381 g/mol. The summed E-state index contributed by atoms with van der Waals surface area (Å²) in [5.41, 5.74) is 6.57. The molecule has 0 unspecified atom stereocenters. The molecule has 0 saturated heterocycles. The number of anilines is 1. The van der Waals surface area contributed by atoms with Gasteiger partial charge in [-0.1, -0.05) is 19.1 Å². The van der Waals surface area contributed by atoms with E-state index in [1.165, 1.54) is 11.1 Å². The highest BCUT2D eigenvalue weighted by molar-refractivity contribution is 6.10. The minimum Gasteiger partial charge on any atom is -0.489 e. The Morgan fingerprint density at radius 3 is 2.46 bits per heavy atom. The van der Waals surface area contributed by atoms with Crippen LogP contribution in [-0.2, 0) is 17.8 Å². The van der Waals surface area contributed by atoms with Crippen molar-refractivity contribution in [3.63, 3.8) is 0 Å². The van der Waals surface area contributed by atoms with Gasteiger partial charge in [0.15, 0.2) is 5.88 Å². The summed E-state index contributed by atoms with van der Waals surface area (Å²) in [6, 6.07) is 12.1. The third kappa shape index (κ3) is 4.66. The topological polar surface area (TPSA) is 66.4 Å². The van der Waals surface area contributed by atoms with E-state index in [4.69, 9.17) is 14.9 Å². The van der Waals surface area contributed by atoms with E-state index in [0.29, 0.717) is 18.2 Å². The number of nitrogens with one attached hydrogen (secondary N) is 3. The molecule has 0 aromatic heterocycles. The number of hydrogen-bond donors (Lipinski definition) is 3. The molecule has 0 amide bonds. The van der Waals surface area contributed by atoms with Crippen molar-refractivity contribution < 1.29 is 9.47 Å². The molecule has 0 heterocycles. The fourth-order valence-electron chi connectivity index (χ4n) is 3.26. The van der Waals surface area contributed by atoms with E-state index < -0.39 is 0 Å². The minimum atomic E-state index is 0.426. The SMILES string of the molecule is CCc1cccc(NC)c1COc1ccc(C(=N)/C(C)=C(\NC)OC)cc1C. The van der Waals surface area contributed by atoms with Crippen molar-refractivity contribution in [1.29, 1.82) is 5.41 Å². The zero-order valence-corrected chi connectivity index (χ0v) is 17.7. The summed E-state index contributed by atoms with van der Waals surface area (Å²) in [5, 5.41) is 14.7. The zero-order chi connectivity index (χ0) is 20.7. The quantitative estimate of drug-likeness (QED) is 0.437. The standard InChI is InChI=1S/C23H31N3O2/c1-7-17-9-8-10-20(25-4)19(17)14-28-21-12-11-18(13-15(21)2)22(24)16(3)23(26-5)27-6/h8-13,24-26H,7,14H2,1-6H3/b23-16+,24-22?. The maximum Gasteiger partial charge on any atom is 0.191 e. The Hall–Kier alpha value is -2.95. The highest BCUT2D eigenvalue weighted by Crippen LogP contribution is 2.26. The van der Waals surface area contributed by atoms with Gasteiger partial charge in [0.05, 0.1) is 12.8 Å². The molecule has 5 heteroatoms. The van der Waals surface area contributed by atoms with Crippen LogP contribution in [0.4, 0.5) is 5.69 Å². The minimum absolute atomic E-state index is 0.426. The summed E-state index contributed by atoms with van der Waals surface area (Å²) in [7, 11) is 5.31. The summed E-state index contributed by atoms with van der Waals surface area (Å²) in [5.74, 6) is 1.42. The predicted molar refractivity (Wildman–Crippen MR) is 116 cm³/mol. The van der Waals surface area contributed by atoms with Crippen molar-refractivity contribution in [2.24, 2.45) is 0 Å². The fraction of sp³-hybridized carbons (Fsp3) is 0.348. The van der Waals surface area contributed by atoms with Gasteiger partial charge in [-0.15, -0.1) is 0 Å². The van der Waals surface area contributed by atoms with E-state index in [1.54, 1.807) is 14.2 Å². The van der Waals surface area contributed by atoms with Crippen LogP contribution in [0, 0.1) is 12.3 Å². The van der Waals surface area contributed by atoms with Crippen LogP contribution in [-0.4, -0.2) is 26.9 Å². The van der Waals surface area contributed by atoms with E-state index in [2.05, 4.69) is 35.8 Å². The van der Waals surface area contributed by atoms with E-state index in [9.17, 15) is 0 Å². The third-order valence-electron chi connectivity index (χ3n) is 4.91. The highest BCUT2D eigenvalue weighted by Gasteiger charge is 2.12. The van der Waals surface area contributed by atoms with Crippen molar-refractivity contribution in [3.05, 3.63) is 70.1 Å². The summed E-state index contributed by atoms with van der Waals surface area (Å²) in [6.45, 7) is 6.53. The van der Waals surface area contributed by atoms with Crippen molar-refractivity contribution in [2.45, 2.75) is 33.8 Å². The molecule has 3 N–H and O–H groups in total. The van der Waals surface area contributed by atoms with Crippen LogP contribution in [0.5, 0.6) is 5.75 Å². The van der Waals surface area contributed by atoms with Crippen molar-refractivity contribution >= 4 is 11.4 Å². The lowest BCUT2D eigenvalue weighted by Crippen LogP contribution is -2.15. The van der Waals surface area contributed by atoms with Crippen LogP contribution < -0.4 is 15.4 Å². The van der Waals surface area contributed by atoms with Crippen molar-refractivity contribution in [2.75, 3.05) is 26.5 Å². The number of allylic oxidation sites excluding steroid dienone is 1. The van der Waals surface area contributed by atoms with Crippen molar-refractivity contribution in [3.8, 4) is 5.75 Å². The van der Waals surface area contributed by atoms with Gasteiger partial charge < -0.3 is 20.1 Å². The first-order chi connectivity index (χ1) is 13.5. The van der Waals surface area contributed by atoms with Crippen LogP contribution in [0.3, 0.4) is 0 Å². The molecule has 0 saturated carbocycles. The Kier molecular flexibility index (Phi) is 7.50. The molecular weight excluding hydrogens is 350 g/mol. The molecule has 2 rings (SSSR count). The summed E-state index contributed by atoms with van der Waals surface area (Å²) in [4.78, 5) is 0. The molecule has 0 aliphatic heterocycles. The fourth-order valence-corrected chi connectivity index (χ4v) is 3.26. The van der Waals surface area contributed by atoms with Crippen LogP contribution in [0.1, 0.15) is 36.1 Å². The molecular formula is C23H31N3O2. The molecule has 0 spiro atoms. The number of ether oxygens (including phenoxy) is 2. The molecule has 2 aromatic carbocycles. The van der Waals surface area contributed by atoms with Crippen LogP contribution in [0.15, 0.2) is 47.9 Å². The predicted octanol–water partition coefficient (Wildman–Crippen LogP) is 4.64. The number of aryl methyl sites for hydroxylation is 2. The molecule has 0 fully saturated rings.